The van der Waals surface area contributed by atoms with Gasteiger partial charge in [-0.3, -0.25) is 0 Å². The molecule has 0 saturated carbocycles. The number of benzene rings is 2. The van der Waals surface area contributed by atoms with Gasteiger partial charge in [0.25, 0.3) is 0 Å². The topological polar surface area (TPSA) is 13.1 Å². The van der Waals surface area contributed by atoms with Crippen molar-refractivity contribution in [2.24, 2.45) is 0 Å². The van der Waals surface area contributed by atoms with Gasteiger partial charge in [0.15, 0.2) is 0 Å². The minimum Gasteiger partial charge on any atom is -0.457 e. The van der Waals surface area contributed by atoms with Crippen LogP contribution in [-0.2, 0) is 0 Å². The Labute approximate surface area is 86.9 Å². The highest BCUT2D eigenvalue weighted by molar-refractivity contribution is 6.05. The van der Waals surface area contributed by atoms with E-state index in [4.69, 9.17) is 4.42 Å². The molecule has 0 N–H and O–H groups in total. The number of rotatable bonds is 0. The summed E-state index contributed by atoms with van der Waals surface area (Å²) in [7, 11) is 0. The summed E-state index contributed by atoms with van der Waals surface area (Å²) >= 11 is 0. The van der Waals surface area contributed by atoms with E-state index in [2.05, 4.69) is 31.4 Å². The summed E-state index contributed by atoms with van der Waals surface area (Å²) in [5.41, 5.74) is 1.52. The molecule has 0 aliphatic heterocycles. The van der Waals surface area contributed by atoms with Crippen LogP contribution < -0.4 is 10.6 Å². The molecule has 0 spiro atoms. The Morgan fingerprint density at radius 1 is 0.933 bits per heavy atom. The van der Waals surface area contributed by atoms with Crippen LogP contribution in [0.25, 0.3) is 34.9 Å². The van der Waals surface area contributed by atoms with Gasteiger partial charge in [-0.15, -0.1) is 0 Å². The number of fused-ring (bicyclic) bond motifs is 3. The standard InChI is InChI=1S/C14H10O/c1-9-10(2)15-13-8-7-11-5-3-4-6-12(11)14(9)13/h3-8H,1-2H2. The van der Waals surface area contributed by atoms with Crippen LogP contribution in [0.3, 0.4) is 0 Å². The smallest absolute Gasteiger partial charge is 0.136 e. The number of hydrogen-bond donors (Lipinski definition) is 0. The van der Waals surface area contributed by atoms with Gasteiger partial charge in [-0.2, -0.15) is 0 Å². The fourth-order valence-electron chi connectivity index (χ4n) is 1.98. The molecule has 2 aromatic carbocycles. The molecule has 0 fully saturated rings. The number of hydrogen-bond acceptors (Lipinski definition) is 1. The number of furan rings is 1. The van der Waals surface area contributed by atoms with Gasteiger partial charge >= 0.3 is 0 Å². The van der Waals surface area contributed by atoms with Crippen molar-refractivity contribution in [3.05, 3.63) is 47.0 Å². The van der Waals surface area contributed by atoms with Gasteiger partial charge in [-0.25, -0.2) is 0 Å². The zero-order valence-electron chi connectivity index (χ0n) is 8.29. The van der Waals surface area contributed by atoms with Gasteiger partial charge in [0.1, 0.15) is 11.0 Å². The molecular formula is C14H10O. The molecule has 0 aliphatic rings. The fraction of sp³-hybridized carbons (Fsp3) is 0. The lowest BCUT2D eigenvalue weighted by Gasteiger charge is -1.97. The van der Waals surface area contributed by atoms with Crippen LogP contribution in [-0.4, -0.2) is 0 Å². The highest BCUT2D eigenvalue weighted by Gasteiger charge is 2.04. The molecule has 1 nitrogen and oxygen atoms in total. The van der Waals surface area contributed by atoms with Crippen LogP contribution in [0.1, 0.15) is 0 Å². The first kappa shape index (κ1) is 8.30. The molecule has 0 unspecified atom stereocenters. The van der Waals surface area contributed by atoms with Crippen LogP contribution in [0, 0.1) is 0 Å². The van der Waals surface area contributed by atoms with E-state index in [0.717, 1.165) is 16.2 Å². The average Bonchev–Trinajstić information content (AvgIpc) is 2.55. The van der Waals surface area contributed by atoms with Gasteiger partial charge < -0.3 is 4.42 Å². The first-order valence-electron chi connectivity index (χ1n) is 4.85. The van der Waals surface area contributed by atoms with Gasteiger partial charge in [-0.05, 0) is 16.8 Å². The summed E-state index contributed by atoms with van der Waals surface area (Å²) in [5.74, 6) is 0. The Hall–Kier alpha value is -2.02. The summed E-state index contributed by atoms with van der Waals surface area (Å²) in [5, 5.41) is 4.36. The largest absolute Gasteiger partial charge is 0.457 e. The Morgan fingerprint density at radius 3 is 2.60 bits per heavy atom. The predicted molar refractivity (Wildman–Crippen MR) is 64.0 cm³/mol. The molecule has 0 atom stereocenters. The van der Waals surface area contributed by atoms with Crippen molar-refractivity contribution in [1.29, 1.82) is 0 Å². The molecule has 0 bridgehead atoms. The second-order valence-electron chi connectivity index (χ2n) is 3.66. The van der Waals surface area contributed by atoms with E-state index in [1.165, 1.54) is 10.8 Å². The molecule has 15 heavy (non-hydrogen) atoms. The van der Waals surface area contributed by atoms with Gasteiger partial charge in [-0.1, -0.05) is 43.5 Å². The third-order valence-electron chi connectivity index (χ3n) is 2.76. The fourth-order valence-corrected chi connectivity index (χ4v) is 1.98. The zero-order chi connectivity index (χ0) is 10.4. The van der Waals surface area contributed by atoms with Crippen molar-refractivity contribution < 1.29 is 4.42 Å². The van der Waals surface area contributed by atoms with Crippen LogP contribution in [0.15, 0.2) is 40.8 Å². The van der Waals surface area contributed by atoms with Crippen molar-refractivity contribution in [2.45, 2.75) is 0 Å². The van der Waals surface area contributed by atoms with Gasteiger partial charge in [0, 0.05) is 10.6 Å². The minimum absolute atomic E-state index is 0.654. The summed E-state index contributed by atoms with van der Waals surface area (Å²) in [6.45, 7) is 7.84. The Kier molecular flexibility index (Phi) is 1.51. The van der Waals surface area contributed by atoms with E-state index in [9.17, 15) is 0 Å². The van der Waals surface area contributed by atoms with Crippen LogP contribution >= 0.6 is 0 Å². The van der Waals surface area contributed by atoms with Crippen LogP contribution in [0.5, 0.6) is 0 Å². The zero-order valence-corrected chi connectivity index (χ0v) is 8.29. The maximum atomic E-state index is 5.53. The maximum Gasteiger partial charge on any atom is 0.136 e. The lowest BCUT2D eigenvalue weighted by Crippen LogP contribution is -2.15. The molecule has 1 heteroatoms. The van der Waals surface area contributed by atoms with E-state index in [-0.39, 0.29) is 0 Å². The van der Waals surface area contributed by atoms with Crippen LogP contribution in [0.4, 0.5) is 0 Å². The van der Waals surface area contributed by atoms with Gasteiger partial charge in [0.05, 0.1) is 0 Å². The van der Waals surface area contributed by atoms with Gasteiger partial charge in [0.2, 0.25) is 0 Å². The Bertz CT molecular complexity index is 750. The monoisotopic (exact) mass is 194 g/mol. The molecule has 72 valence electrons. The average molecular weight is 194 g/mol. The van der Waals surface area contributed by atoms with Crippen molar-refractivity contribution in [3.63, 3.8) is 0 Å². The summed E-state index contributed by atoms with van der Waals surface area (Å²) in [6, 6.07) is 12.3. The third kappa shape index (κ3) is 1.03. The first-order valence-corrected chi connectivity index (χ1v) is 4.85. The maximum absolute atomic E-state index is 5.53. The van der Waals surface area contributed by atoms with E-state index in [0.29, 0.717) is 5.42 Å². The van der Waals surface area contributed by atoms with E-state index >= 15 is 0 Å². The lowest BCUT2D eigenvalue weighted by molar-refractivity contribution is 0.578. The van der Waals surface area contributed by atoms with Crippen molar-refractivity contribution in [3.8, 4) is 0 Å². The second kappa shape index (κ2) is 2.74. The predicted octanol–water partition coefficient (Wildman–Crippen LogP) is 2.41. The minimum atomic E-state index is 0.654. The molecule has 0 radical (unpaired) electrons. The van der Waals surface area contributed by atoms with Crippen LogP contribution in [0.2, 0.25) is 0 Å². The van der Waals surface area contributed by atoms with Crippen molar-refractivity contribution in [2.75, 3.05) is 0 Å². The first-order chi connectivity index (χ1) is 7.27. The SMILES string of the molecule is C=c1oc2ccc3ccccc3c2c1=C. The Balaban J connectivity index is 2.76. The molecule has 1 aromatic heterocycles. The van der Waals surface area contributed by atoms with Crippen molar-refractivity contribution >= 4 is 34.9 Å². The molecule has 3 rings (SSSR count). The van der Waals surface area contributed by atoms with E-state index in [1.807, 2.05) is 18.2 Å². The van der Waals surface area contributed by atoms with E-state index in [1.54, 1.807) is 0 Å². The summed E-state index contributed by atoms with van der Waals surface area (Å²) in [6.07, 6.45) is 0. The summed E-state index contributed by atoms with van der Waals surface area (Å²) < 4.78 is 5.53. The lowest BCUT2D eigenvalue weighted by atomic mass is 10.1. The molecule has 1 heterocycles. The molecular weight excluding hydrogens is 184 g/mol. The highest BCUT2D eigenvalue weighted by Crippen LogP contribution is 2.21. The molecule has 0 aliphatic carbocycles. The third-order valence-corrected chi connectivity index (χ3v) is 2.76. The normalized spacial score (nSPS) is 11.2. The molecule has 0 amide bonds. The molecule has 3 aromatic rings. The molecule has 0 saturated heterocycles. The second-order valence-corrected chi connectivity index (χ2v) is 3.66. The Morgan fingerprint density at radius 2 is 1.73 bits per heavy atom. The summed E-state index contributed by atoms with van der Waals surface area (Å²) in [4.78, 5) is 0. The van der Waals surface area contributed by atoms with Crippen molar-refractivity contribution in [1.82, 2.24) is 0 Å². The quantitative estimate of drug-likeness (QED) is 0.535. The highest BCUT2D eigenvalue weighted by atomic mass is 16.3. The van der Waals surface area contributed by atoms with E-state index < -0.39 is 0 Å².